The van der Waals surface area contributed by atoms with Gasteiger partial charge >= 0.3 is 5.97 Å². The number of hydrogen-bond donors (Lipinski definition) is 1. The maximum atomic E-state index is 12.0. The minimum atomic E-state index is -0.724. The Morgan fingerprint density at radius 1 is 1.40 bits per heavy atom. The molecule has 3 aliphatic carbocycles. The molecule has 1 spiro atoms. The molecule has 3 nitrogen and oxygen atoms in total. The minimum Gasteiger partial charge on any atom is -0.481 e. The average Bonchev–Trinajstić information content (AvgIpc) is 2.56. The van der Waals surface area contributed by atoms with Gasteiger partial charge < -0.3 is 5.11 Å². The van der Waals surface area contributed by atoms with Crippen molar-refractivity contribution < 1.29 is 14.7 Å². The third-order valence-electron chi connectivity index (χ3n) is 5.12. The second-order valence-corrected chi connectivity index (χ2v) is 5.42. The van der Waals surface area contributed by atoms with Gasteiger partial charge in [-0.25, -0.2) is 0 Å². The number of Topliss-reactive ketones (excluding diaryl/α,β-unsaturated/α-hetero) is 1. The molecular formula is C12H16O3. The average molecular weight is 208 g/mol. The smallest absolute Gasteiger partial charge is 0.303 e. The Kier molecular flexibility index (Phi) is 1.64. The van der Waals surface area contributed by atoms with E-state index in [-0.39, 0.29) is 17.3 Å². The maximum absolute atomic E-state index is 12.0. The Morgan fingerprint density at radius 3 is 2.93 bits per heavy atom. The molecule has 0 saturated heterocycles. The second-order valence-electron chi connectivity index (χ2n) is 5.42. The quantitative estimate of drug-likeness (QED) is 0.755. The van der Waals surface area contributed by atoms with Crippen LogP contribution in [0.25, 0.3) is 0 Å². The molecular weight excluding hydrogens is 192 g/mol. The first-order chi connectivity index (χ1) is 7.13. The van der Waals surface area contributed by atoms with Crippen LogP contribution in [0.15, 0.2) is 0 Å². The zero-order valence-corrected chi connectivity index (χ0v) is 8.79. The fourth-order valence-corrected chi connectivity index (χ4v) is 4.73. The number of hydrogen-bond acceptors (Lipinski definition) is 2. The number of ketones is 1. The zero-order chi connectivity index (χ0) is 10.7. The van der Waals surface area contributed by atoms with Crippen LogP contribution in [0, 0.1) is 16.7 Å². The number of carboxylic acids is 1. The summed E-state index contributed by atoms with van der Waals surface area (Å²) in [7, 11) is 0. The molecule has 3 rings (SSSR count). The predicted octanol–water partition coefficient (Wildman–Crippen LogP) is 2.00. The van der Waals surface area contributed by atoms with Gasteiger partial charge in [-0.15, -0.1) is 0 Å². The molecule has 82 valence electrons. The van der Waals surface area contributed by atoms with E-state index < -0.39 is 5.97 Å². The van der Waals surface area contributed by atoms with E-state index in [4.69, 9.17) is 5.11 Å². The van der Waals surface area contributed by atoms with Crippen LogP contribution in [0.2, 0.25) is 0 Å². The lowest BCUT2D eigenvalue weighted by Crippen LogP contribution is -2.30. The molecule has 3 saturated carbocycles. The highest BCUT2D eigenvalue weighted by Gasteiger charge is 2.81. The van der Waals surface area contributed by atoms with Crippen molar-refractivity contribution in [2.24, 2.45) is 16.7 Å². The second kappa shape index (κ2) is 2.63. The van der Waals surface area contributed by atoms with Crippen molar-refractivity contribution in [1.29, 1.82) is 0 Å². The van der Waals surface area contributed by atoms with Gasteiger partial charge in [0.25, 0.3) is 0 Å². The molecule has 0 radical (unpaired) electrons. The number of fused-ring (bicyclic) bond motifs is 1. The summed E-state index contributed by atoms with van der Waals surface area (Å²) in [6.07, 6.45) is 5.96. The summed E-state index contributed by atoms with van der Waals surface area (Å²) in [5.41, 5.74) is -0.296. The molecule has 15 heavy (non-hydrogen) atoms. The molecule has 3 heteroatoms. The highest BCUT2D eigenvalue weighted by molar-refractivity contribution is 5.92. The van der Waals surface area contributed by atoms with Gasteiger partial charge in [0, 0.05) is 11.8 Å². The first-order valence-electron chi connectivity index (χ1n) is 5.89. The first kappa shape index (κ1) is 9.37. The molecule has 0 heterocycles. The lowest BCUT2D eigenvalue weighted by Gasteiger charge is -2.28. The fraction of sp³-hybridized carbons (Fsp3) is 0.833. The number of carbonyl (C=O) groups excluding carboxylic acids is 1. The van der Waals surface area contributed by atoms with E-state index in [0.717, 1.165) is 32.1 Å². The lowest BCUT2D eigenvalue weighted by molar-refractivity contribution is -0.140. The third kappa shape index (κ3) is 0.876. The molecule has 0 aromatic heterocycles. The van der Waals surface area contributed by atoms with E-state index >= 15 is 0 Å². The first-order valence-corrected chi connectivity index (χ1v) is 5.89. The predicted molar refractivity (Wildman–Crippen MR) is 53.3 cm³/mol. The van der Waals surface area contributed by atoms with Crippen molar-refractivity contribution >= 4 is 11.8 Å². The molecule has 3 aliphatic rings. The van der Waals surface area contributed by atoms with E-state index in [2.05, 4.69) is 0 Å². The van der Waals surface area contributed by atoms with Gasteiger partial charge in [0.05, 0.1) is 6.42 Å². The third-order valence-corrected chi connectivity index (χ3v) is 5.12. The van der Waals surface area contributed by atoms with Gasteiger partial charge in [-0.05, 0) is 37.0 Å². The van der Waals surface area contributed by atoms with Crippen LogP contribution in [0.1, 0.15) is 44.9 Å². The normalized spacial score (nSPS) is 47.2. The molecule has 0 aromatic carbocycles. The molecule has 2 unspecified atom stereocenters. The Balaban J connectivity index is 1.96. The Bertz CT molecular complexity index is 349. The van der Waals surface area contributed by atoms with Crippen molar-refractivity contribution in [2.75, 3.05) is 0 Å². The van der Waals surface area contributed by atoms with Crippen molar-refractivity contribution in [1.82, 2.24) is 0 Å². The van der Waals surface area contributed by atoms with Gasteiger partial charge in [-0.3, -0.25) is 9.59 Å². The van der Waals surface area contributed by atoms with E-state index in [1.54, 1.807) is 0 Å². The zero-order valence-electron chi connectivity index (χ0n) is 8.79. The Morgan fingerprint density at radius 2 is 2.20 bits per heavy atom. The summed E-state index contributed by atoms with van der Waals surface area (Å²) >= 11 is 0. The largest absolute Gasteiger partial charge is 0.481 e. The van der Waals surface area contributed by atoms with Gasteiger partial charge in [0.15, 0.2) is 0 Å². The van der Waals surface area contributed by atoms with Crippen LogP contribution < -0.4 is 0 Å². The van der Waals surface area contributed by atoms with E-state index in [1.807, 2.05) is 0 Å². The molecule has 0 amide bonds. The summed E-state index contributed by atoms with van der Waals surface area (Å²) in [4.78, 5) is 23.0. The molecule has 3 atom stereocenters. The fourth-order valence-electron chi connectivity index (χ4n) is 4.73. The van der Waals surface area contributed by atoms with Gasteiger partial charge in [0.1, 0.15) is 5.78 Å². The highest BCUT2D eigenvalue weighted by atomic mass is 16.4. The van der Waals surface area contributed by atoms with E-state index in [0.29, 0.717) is 18.1 Å². The van der Waals surface area contributed by atoms with Crippen molar-refractivity contribution in [2.45, 2.75) is 44.9 Å². The molecule has 1 N–H and O–H groups in total. The van der Waals surface area contributed by atoms with Crippen LogP contribution in [0.5, 0.6) is 0 Å². The van der Waals surface area contributed by atoms with Crippen molar-refractivity contribution in [3.63, 3.8) is 0 Å². The summed E-state index contributed by atoms with van der Waals surface area (Å²) < 4.78 is 0. The SMILES string of the molecule is O=C(O)C[C@@]12CCCC(=O)C13CCCC32. The highest BCUT2D eigenvalue weighted by Crippen LogP contribution is 2.82. The molecule has 0 aromatic rings. The van der Waals surface area contributed by atoms with Crippen LogP contribution in [-0.4, -0.2) is 16.9 Å². The topological polar surface area (TPSA) is 54.4 Å². The number of carboxylic acid groups (broad SMARTS) is 1. The van der Waals surface area contributed by atoms with Crippen LogP contribution >= 0.6 is 0 Å². The van der Waals surface area contributed by atoms with E-state index in [1.165, 1.54) is 0 Å². The molecule has 0 bridgehead atoms. The summed E-state index contributed by atoms with van der Waals surface area (Å²) in [5.74, 6) is 0.0621. The maximum Gasteiger partial charge on any atom is 0.303 e. The van der Waals surface area contributed by atoms with E-state index in [9.17, 15) is 9.59 Å². The summed E-state index contributed by atoms with van der Waals surface area (Å²) in [5, 5.41) is 8.98. The van der Waals surface area contributed by atoms with Crippen LogP contribution in [0.3, 0.4) is 0 Å². The number of aliphatic carboxylic acids is 1. The van der Waals surface area contributed by atoms with Gasteiger partial charge in [-0.2, -0.15) is 0 Å². The Hall–Kier alpha value is -0.860. The van der Waals surface area contributed by atoms with Gasteiger partial charge in [0.2, 0.25) is 0 Å². The number of rotatable bonds is 2. The number of carbonyl (C=O) groups is 2. The molecule has 3 fully saturated rings. The standard InChI is InChI=1S/C12H16O3/c13-9-4-2-5-11(7-10(14)15)8-3-1-6-12(8,9)11/h8H,1-7H2,(H,14,15)/t8?,11-,12?/m1/s1. The summed E-state index contributed by atoms with van der Waals surface area (Å²) in [6, 6.07) is 0. The van der Waals surface area contributed by atoms with Crippen LogP contribution in [-0.2, 0) is 9.59 Å². The van der Waals surface area contributed by atoms with Crippen LogP contribution in [0.4, 0.5) is 0 Å². The lowest BCUT2D eigenvalue weighted by atomic mass is 9.74. The monoisotopic (exact) mass is 208 g/mol. The Labute approximate surface area is 88.9 Å². The summed E-state index contributed by atoms with van der Waals surface area (Å²) in [6.45, 7) is 0. The minimum absolute atomic E-state index is 0.119. The molecule has 0 aliphatic heterocycles. The van der Waals surface area contributed by atoms with Crippen molar-refractivity contribution in [3.8, 4) is 0 Å². The van der Waals surface area contributed by atoms with Crippen molar-refractivity contribution in [3.05, 3.63) is 0 Å². The van der Waals surface area contributed by atoms with Gasteiger partial charge in [-0.1, -0.05) is 6.42 Å².